The number of aromatic nitrogens is 6. The molecule has 3 N–H and O–H groups in total. The van der Waals surface area contributed by atoms with Crippen LogP contribution in [0.5, 0.6) is 0 Å². The van der Waals surface area contributed by atoms with Gasteiger partial charge in [0.2, 0.25) is 0 Å². The second-order valence-corrected chi connectivity index (χ2v) is 6.30. The summed E-state index contributed by atoms with van der Waals surface area (Å²) in [6, 6.07) is 7.83. The van der Waals surface area contributed by atoms with Crippen LogP contribution >= 0.6 is 0 Å². The fourth-order valence-corrected chi connectivity index (χ4v) is 3.38. The van der Waals surface area contributed by atoms with Crippen LogP contribution in [-0.2, 0) is 4.74 Å². The van der Waals surface area contributed by atoms with Crippen molar-refractivity contribution < 1.29 is 4.74 Å². The minimum Gasteiger partial charge on any atom is -0.382 e. The number of nitrogens with one attached hydrogen (secondary N) is 1. The van der Waals surface area contributed by atoms with E-state index in [1.54, 1.807) is 23.3 Å². The van der Waals surface area contributed by atoms with Gasteiger partial charge in [0.05, 0.1) is 24.8 Å². The van der Waals surface area contributed by atoms with Gasteiger partial charge in [-0.2, -0.15) is 9.78 Å². The zero-order valence-corrected chi connectivity index (χ0v) is 14.5. The number of aromatic amines is 1. The molecule has 0 amide bonds. The Kier molecular flexibility index (Phi) is 3.72. The molecule has 0 atom stereocenters. The molecule has 0 spiro atoms. The molecule has 4 aromatic heterocycles. The molecule has 0 aliphatic carbocycles. The highest BCUT2D eigenvalue weighted by Gasteiger charge is 2.21. The molecule has 0 saturated carbocycles. The first kappa shape index (κ1) is 15.8. The Balaban J connectivity index is 1.78. The maximum absolute atomic E-state index is 6.29. The van der Waals surface area contributed by atoms with Gasteiger partial charge in [0.1, 0.15) is 5.82 Å². The van der Waals surface area contributed by atoms with Gasteiger partial charge >= 0.3 is 0 Å². The van der Waals surface area contributed by atoms with E-state index in [1.165, 1.54) is 0 Å². The van der Waals surface area contributed by atoms with E-state index < -0.39 is 0 Å². The normalized spacial score (nSPS) is 14.7. The van der Waals surface area contributed by atoms with Crippen LogP contribution in [0.1, 0.15) is 0 Å². The molecule has 5 rings (SSSR count). The monoisotopic (exact) mass is 362 g/mol. The number of nitrogens with two attached hydrogens (primary N) is 1. The number of nitrogens with zero attached hydrogens (tertiary/aromatic N) is 6. The van der Waals surface area contributed by atoms with Crippen LogP contribution in [0.25, 0.3) is 28.0 Å². The number of morpholine rings is 1. The van der Waals surface area contributed by atoms with E-state index in [-0.39, 0.29) is 0 Å². The number of rotatable bonds is 3. The van der Waals surface area contributed by atoms with Gasteiger partial charge in [-0.05, 0) is 23.8 Å². The fourth-order valence-electron chi connectivity index (χ4n) is 3.38. The minimum atomic E-state index is 0.424. The van der Waals surface area contributed by atoms with Crippen molar-refractivity contribution in [2.45, 2.75) is 0 Å². The first-order valence-corrected chi connectivity index (χ1v) is 8.73. The third-order valence-electron chi connectivity index (χ3n) is 4.69. The van der Waals surface area contributed by atoms with Gasteiger partial charge in [0, 0.05) is 37.1 Å². The van der Waals surface area contributed by atoms with Crippen molar-refractivity contribution in [1.82, 2.24) is 29.9 Å². The molecule has 0 bridgehead atoms. The lowest BCUT2D eigenvalue weighted by Gasteiger charge is -2.28. The summed E-state index contributed by atoms with van der Waals surface area (Å²) in [4.78, 5) is 11.2. The maximum Gasteiger partial charge on any atom is 0.169 e. The van der Waals surface area contributed by atoms with Gasteiger partial charge < -0.3 is 15.4 Å². The highest BCUT2D eigenvalue weighted by Crippen LogP contribution is 2.35. The molecule has 136 valence electrons. The van der Waals surface area contributed by atoms with Crippen molar-refractivity contribution >= 4 is 22.7 Å². The van der Waals surface area contributed by atoms with Crippen LogP contribution in [-0.4, -0.2) is 56.2 Å². The molecule has 9 heteroatoms. The van der Waals surface area contributed by atoms with Crippen LogP contribution in [0.15, 0.2) is 42.9 Å². The summed E-state index contributed by atoms with van der Waals surface area (Å²) >= 11 is 0. The van der Waals surface area contributed by atoms with Crippen molar-refractivity contribution in [2.75, 3.05) is 36.9 Å². The molecule has 5 heterocycles. The van der Waals surface area contributed by atoms with Crippen molar-refractivity contribution in [3.8, 4) is 16.9 Å². The summed E-state index contributed by atoms with van der Waals surface area (Å²) in [7, 11) is 0. The summed E-state index contributed by atoms with van der Waals surface area (Å²) in [5, 5.41) is 12.3. The average Bonchev–Trinajstić information content (AvgIpc) is 3.37. The van der Waals surface area contributed by atoms with Gasteiger partial charge in [-0.25, -0.2) is 4.98 Å². The summed E-state index contributed by atoms with van der Waals surface area (Å²) in [6.45, 7) is 2.96. The summed E-state index contributed by atoms with van der Waals surface area (Å²) in [5.41, 5.74) is 8.98. The average molecular weight is 362 g/mol. The lowest BCUT2D eigenvalue weighted by Crippen LogP contribution is -2.36. The Hall–Kier alpha value is -3.46. The van der Waals surface area contributed by atoms with Gasteiger partial charge in [-0.15, -0.1) is 5.10 Å². The van der Waals surface area contributed by atoms with Crippen molar-refractivity contribution in [2.24, 2.45) is 0 Å². The summed E-state index contributed by atoms with van der Waals surface area (Å²) in [6.07, 6.45) is 5.21. The zero-order chi connectivity index (χ0) is 18.2. The van der Waals surface area contributed by atoms with Crippen LogP contribution in [0.3, 0.4) is 0 Å². The number of hydrogen-bond acceptors (Lipinski definition) is 7. The topological polar surface area (TPSA) is 111 Å². The molecular formula is C18H18N8O. The van der Waals surface area contributed by atoms with E-state index in [0.29, 0.717) is 30.5 Å². The van der Waals surface area contributed by atoms with E-state index in [2.05, 4.69) is 31.2 Å². The third kappa shape index (κ3) is 2.68. The lowest BCUT2D eigenvalue weighted by atomic mass is 10.0. The largest absolute Gasteiger partial charge is 0.382 e. The third-order valence-corrected chi connectivity index (χ3v) is 4.69. The second-order valence-electron chi connectivity index (χ2n) is 6.30. The number of pyridine rings is 2. The highest BCUT2D eigenvalue weighted by atomic mass is 16.5. The summed E-state index contributed by atoms with van der Waals surface area (Å²) in [5.74, 6) is 2.01. The molecule has 0 aromatic carbocycles. The smallest absolute Gasteiger partial charge is 0.169 e. The Labute approximate surface area is 154 Å². The molecule has 4 aromatic rings. The van der Waals surface area contributed by atoms with E-state index in [9.17, 15) is 0 Å². The number of anilines is 2. The Bertz CT molecular complexity index is 1070. The standard InChI is InChI=1S/C18H18N8O/c19-17-16-13(12-1-4-20-5-2-12)11-15(25-7-9-27-10-8-25)22-18(16)26(24-17)14-3-6-21-23-14/h1-6,11H,7-10H2,(H2,19,24)(H,21,23). The number of hydrogen-bond donors (Lipinski definition) is 2. The number of fused-ring (bicyclic) bond motifs is 1. The van der Waals surface area contributed by atoms with Gasteiger partial charge in [0.25, 0.3) is 0 Å². The molecular weight excluding hydrogens is 344 g/mol. The second kappa shape index (κ2) is 6.36. The lowest BCUT2D eigenvalue weighted by molar-refractivity contribution is 0.122. The Morgan fingerprint density at radius 3 is 2.63 bits per heavy atom. The number of H-pyrrole nitrogens is 1. The van der Waals surface area contributed by atoms with E-state index in [4.69, 9.17) is 15.5 Å². The first-order chi connectivity index (χ1) is 13.3. The Morgan fingerprint density at radius 1 is 1.07 bits per heavy atom. The maximum atomic E-state index is 6.29. The predicted octanol–water partition coefficient (Wildman–Crippen LogP) is 1.62. The molecule has 1 saturated heterocycles. The minimum absolute atomic E-state index is 0.424. The molecule has 0 unspecified atom stereocenters. The zero-order valence-electron chi connectivity index (χ0n) is 14.5. The number of nitrogen functional groups attached to an aromatic ring is 1. The van der Waals surface area contributed by atoms with E-state index in [0.717, 1.165) is 35.4 Å². The van der Waals surface area contributed by atoms with Crippen molar-refractivity contribution in [3.05, 3.63) is 42.9 Å². The predicted molar refractivity (Wildman–Crippen MR) is 102 cm³/mol. The molecule has 27 heavy (non-hydrogen) atoms. The van der Waals surface area contributed by atoms with Crippen LogP contribution in [0.2, 0.25) is 0 Å². The van der Waals surface area contributed by atoms with Crippen LogP contribution < -0.4 is 10.6 Å². The van der Waals surface area contributed by atoms with Gasteiger partial charge in [-0.1, -0.05) is 0 Å². The van der Waals surface area contributed by atoms with Crippen molar-refractivity contribution in [3.63, 3.8) is 0 Å². The first-order valence-electron chi connectivity index (χ1n) is 8.73. The molecule has 1 aliphatic rings. The Morgan fingerprint density at radius 2 is 1.89 bits per heavy atom. The quantitative estimate of drug-likeness (QED) is 0.570. The highest BCUT2D eigenvalue weighted by molar-refractivity contribution is 6.01. The van der Waals surface area contributed by atoms with Crippen LogP contribution in [0, 0.1) is 0 Å². The SMILES string of the molecule is Nc1nn(-c2ccn[nH]2)c2nc(N3CCOCC3)cc(-c3ccncc3)c12. The van der Waals surface area contributed by atoms with E-state index >= 15 is 0 Å². The molecule has 9 nitrogen and oxygen atoms in total. The van der Waals surface area contributed by atoms with Gasteiger partial charge in [0.15, 0.2) is 17.3 Å². The fraction of sp³-hybridized carbons (Fsp3) is 0.222. The summed E-state index contributed by atoms with van der Waals surface area (Å²) < 4.78 is 7.18. The number of ether oxygens (including phenoxy) is 1. The van der Waals surface area contributed by atoms with E-state index in [1.807, 2.05) is 18.2 Å². The van der Waals surface area contributed by atoms with Gasteiger partial charge in [-0.3, -0.25) is 10.1 Å². The van der Waals surface area contributed by atoms with Crippen LogP contribution in [0.4, 0.5) is 11.6 Å². The molecule has 1 fully saturated rings. The van der Waals surface area contributed by atoms with Crippen molar-refractivity contribution in [1.29, 1.82) is 0 Å². The molecule has 0 radical (unpaired) electrons. The molecule has 1 aliphatic heterocycles.